The Kier molecular flexibility index (Phi) is 8.00. The van der Waals surface area contributed by atoms with Gasteiger partial charge in [-0.1, -0.05) is 151 Å². The largest absolute Gasteiger partial charge is 0.135 e. The first-order chi connectivity index (χ1) is 24.6. The molecule has 0 N–H and O–H groups in total. The number of benzene rings is 7. The van der Waals surface area contributed by atoms with E-state index in [2.05, 4.69) is 178 Å². The molecular formula is C48H36S2. The van der Waals surface area contributed by atoms with Gasteiger partial charge in [-0.2, -0.15) is 0 Å². The second-order valence-corrected chi connectivity index (χ2v) is 15.7. The van der Waals surface area contributed by atoms with Crippen LogP contribution in [0.5, 0.6) is 0 Å². The quantitative estimate of drug-likeness (QED) is 0.158. The summed E-state index contributed by atoms with van der Waals surface area (Å²) in [5.74, 6) is 0. The summed E-state index contributed by atoms with van der Waals surface area (Å²) in [7, 11) is 0. The van der Waals surface area contributed by atoms with E-state index in [4.69, 9.17) is 0 Å². The van der Waals surface area contributed by atoms with Gasteiger partial charge in [0.1, 0.15) is 0 Å². The van der Waals surface area contributed by atoms with Crippen LogP contribution in [0, 0.1) is 13.8 Å². The van der Waals surface area contributed by atoms with E-state index in [0.29, 0.717) is 5.25 Å². The predicted molar refractivity (Wildman–Crippen MR) is 220 cm³/mol. The van der Waals surface area contributed by atoms with Gasteiger partial charge in [0.15, 0.2) is 0 Å². The van der Waals surface area contributed by atoms with Crippen molar-refractivity contribution in [2.24, 2.45) is 0 Å². The molecule has 0 spiro atoms. The summed E-state index contributed by atoms with van der Waals surface area (Å²) in [4.78, 5) is 3.96. The minimum Gasteiger partial charge on any atom is -0.135 e. The molecule has 0 amide bonds. The van der Waals surface area contributed by atoms with Crippen LogP contribution in [-0.2, 0) is 0 Å². The lowest BCUT2D eigenvalue weighted by Gasteiger charge is -2.20. The highest BCUT2D eigenvalue weighted by Crippen LogP contribution is 2.50. The van der Waals surface area contributed by atoms with Gasteiger partial charge >= 0.3 is 0 Å². The smallest absolute Gasteiger partial charge is 0.0379 e. The van der Waals surface area contributed by atoms with Crippen LogP contribution < -0.4 is 0 Å². The first-order valence-electron chi connectivity index (χ1n) is 17.3. The van der Waals surface area contributed by atoms with Crippen LogP contribution in [0.25, 0.3) is 69.6 Å². The van der Waals surface area contributed by atoms with Crippen LogP contribution in [0.1, 0.15) is 33.9 Å². The fourth-order valence-electron chi connectivity index (χ4n) is 7.51. The summed E-state index contributed by atoms with van der Waals surface area (Å²) < 4.78 is 0. The molecule has 1 unspecified atom stereocenters. The van der Waals surface area contributed by atoms with Gasteiger partial charge in [-0.3, -0.25) is 0 Å². The number of allylic oxidation sites excluding steroid dienone is 1. The zero-order chi connectivity index (χ0) is 33.6. The molecule has 9 rings (SSSR count). The number of thioether (sulfide) groups is 1. The molecule has 1 atom stereocenters. The molecule has 0 saturated carbocycles. The second kappa shape index (κ2) is 12.9. The number of fused-ring (bicyclic) bond motifs is 2. The van der Waals surface area contributed by atoms with E-state index in [0.717, 1.165) is 6.42 Å². The maximum Gasteiger partial charge on any atom is 0.0379 e. The summed E-state index contributed by atoms with van der Waals surface area (Å²) in [5, 5.41) is 5.62. The monoisotopic (exact) mass is 676 g/mol. The Balaban J connectivity index is 1.18. The summed E-state index contributed by atoms with van der Waals surface area (Å²) in [6.45, 7) is 4.43. The third-order valence-corrected chi connectivity index (χ3v) is 12.5. The minimum absolute atomic E-state index is 0.410. The summed E-state index contributed by atoms with van der Waals surface area (Å²) in [6, 6.07) is 58.6. The van der Waals surface area contributed by atoms with Crippen LogP contribution in [0.2, 0.25) is 0 Å². The maximum absolute atomic E-state index is 2.46. The lowest BCUT2D eigenvalue weighted by Crippen LogP contribution is -1.94. The third kappa shape index (κ3) is 5.69. The molecule has 2 heteroatoms. The fraction of sp³-hybridized carbons (Fsp3) is 0.0833. The second-order valence-electron chi connectivity index (χ2n) is 13.4. The van der Waals surface area contributed by atoms with E-state index in [9.17, 15) is 0 Å². The number of hydrogen-bond donors (Lipinski definition) is 0. The van der Waals surface area contributed by atoms with Crippen molar-refractivity contribution in [2.45, 2.75) is 25.5 Å². The lowest BCUT2D eigenvalue weighted by molar-refractivity contribution is 0.991. The Morgan fingerprint density at radius 1 is 0.440 bits per heavy atom. The molecule has 0 bridgehead atoms. The minimum atomic E-state index is 0.410. The summed E-state index contributed by atoms with van der Waals surface area (Å²) in [6.07, 6.45) is 3.46. The Morgan fingerprint density at radius 2 is 0.980 bits per heavy atom. The van der Waals surface area contributed by atoms with Gasteiger partial charge < -0.3 is 0 Å². The molecular weight excluding hydrogens is 641 g/mol. The molecule has 1 aliphatic heterocycles. The SMILES string of the molecule is Cc1ccc2c(-c3cccc(C4CC=C(c5ccccc5)S4)c3)c3cc(C)ccc3c(-c3cccc(-c4ccc(-c5ccccc5)s4)c3)c2c1. The van der Waals surface area contributed by atoms with Gasteiger partial charge in [0.05, 0.1) is 0 Å². The zero-order valence-corrected chi connectivity index (χ0v) is 29.8. The molecule has 0 fully saturated rings. The average Bonchev–Trinajstić information content (AvgIpc) is 3.87. The van der Waals surface area contributed by atoms with Crippen molar-refractivity contribution in [3.05, 3.63) is 186 Å². The van der Waals surface area contributed by atoms with Gasteiger partial charge in [-0.05, 0) is 111 Å². The first kappa shape index (κ1) is 30.9. The number of thiophene rings is 1. The van der Waals surface area contributed by atoms with E-state index in [-0.39, 0.29) is 0 Å². The van der Waals surface area contributed by atoms with Crippen LogP contribution in [-0.4, -0.2) is 0 Å². The fourth-order valence-corrected chi connectivity index (χ4v) is 9.76. The number of rotatable bonds is 6. The highest BCUT2D eigenvalue weighted by Gasteiger charge is 2.23. The molecule has 8 aromatic rings. The van der Waals surface area contributed by atoms with E-state index in [1.807, 2.05) is 23.1 Å². The van der Waals surface area contributed by atoms with Crippen molar-refractivity contribution < 1.29 is 0 Å². The van der Waals surface area contributed by atoms with E-state index < -0.39 is 0 Å². The molecule has 1 aromatic heterocycles. The van der Waals surface area contributed by atoms with Crippen LogP contribution >= 0.6 is 23.1 Å². The summed E-state index contributed by atoms with van der Waals surface area (Å²) in [5.41, 5.74) is 12.9. The lowest BCUT2D eigenvalue weighted by atomic mass is 9.84. The van der Waals surface area contributed by atoms with E-state index >= 15 is 0 Å². The number of aryl methyl sites for hydroxylation is 2. The Bertz CT molecular complexity index is 2550. The standard InChI is InChI=1S/C48H36S2/c1-31-19-21-39-41(27-31)47(37-17-9-15-35(29-37)45-25-23-43(49-45)33-11-5-3-6-12-33)40-22-20-32(2)28-42(40)48(39)38-18-10-16-36(30-38)46-26-24-44(50-46)34-13-7-4-8-14-34/h3-25,27-30,46H,26H2,1-2H3. The van der Waals surface area contributed by atoms with Gasteiger partial charge in [0.25, 0.3) is 0 Å². The molecule has 50 heavy (non-hydrogen) atoms. The Labute approximate surface area is 302 Å². The predicted octanol–water partition coefficient (Wildman–Crippen LogP) is 14.6. The van der Waals surface area contributed by atoms with Crippen LogP contribution in [0.15, 0.2) is 164 Å². The van der Waals surface area contributed by atoms with Crippen molar-refractivity contribution >= 4 is 49.5 Å². The highest BCUT2D eigenvalue weighted by molar-refractivity contribution is 8.08. The van der Waals surface area contributed by atoms with E-state index in [1.54, 1.807) is 0 Å². The van der Waals surface area contributed by atoms with Gasteiger partial charge in [0.2, 0.25) is 0 Å². The van der Waals surface area contributed by atoms with Gasteiger partial charge in [0, 0.05) is 19.9 Å². The Morgan fingerprint density at radius 3 is 1.64 bits per heavy atom. The number of hydrogen-bond acceptors (Lipinski definition) is 2. The molecule has 240 valence electrons. The van der Waals surface area contributed by atoms with Crippen molar-refractivity contribution in [2.75, 3.05) is 0 Å². The Hall–Kier alpha value is -5.15. The molecule has 0 radical (unpaired) electrons. The third-order valence-electron chi connectivity index (χ3n) is 9.92. The zero-order valence-electron chi connectivity index (χ0n) is 28.2. The maximum atomic E-state index is 2.46. The van der Waals surface area contributed by atoms with Crippen LogP contribution in [0.4, 0.5) is 0 Å². The molecule has 1 aliphatic rings. The topological polar surface area (TPSA) is 0 Å². The van der Waals surface area contributed by atoms with Gasteiger partial charge in [-0.15, -0.1) is 23.1 Å². The molecule has 0 nitrogen and oxygen atoms in total. The van der Waals surface area contributed by atoms with E-state index in [1.165, 1.54) is 91.8 Å². The van der Waals surface area contributed by atoms with Crippen molar-refractivity contribution in [1.29, 1.82) is 0 Å². The summed E-state index contributed by atoms with van der Waals surface area (Å²) >= 11 is 3.85. The molecule has 2 heterocycles. The average molecular weight is 677 g/mol. The first-order valence-corrected chi connectivity index (χ1v) is 19.0. The van der Waals surface area contributed by atoms with Crippen molar-refractivity contribution in [3.8, 4) is 43.1 Å². The van der Waals surface area contributed by atoms with Crippen molar-refractivity contribution in [1.82, 2.24) is 0 Å². The normalized spacial score (nSPS) is 14.4. The molecule has 7 aromatic carbocycles. The van der Waals surface area contributed by atoms with Gasteiger partial charge in [-0.25, -0.2) is 0 Å². The molecule has 0 aliphatic carbocycles. The van der Waals surface area contributed by atoms with Crippen molar-refractivity contribution in [3.63, 3.8) is 0 Å². The molecule has 0 saturated heterocycles. The highest BCUT2D eigenvalue weighted by atomic mass is 32.2. The van der Waals surface area contributed by atoms with Crippen LogP contribution in [0.3, 0.4) is 0 Å².